The highest BCUT2D eigenvalue weighted by Gasteiger charge is 2.07. The van der Waals surface area contributed by atoms with Crippen molar-refractivity contribution < 1.29 is 19.1 Å². The molecule has 1 N–H and O–H groups in total. The number of aromatic nitrogens is 3. The molecule has 18 heavy (non-hydrogen) atoms. The summed E-state index contributed by atoms with van der Waals surface area (Å²) in [6.45, 7) is 2.04. The van der Waals surface area contributed by atoms with E-state index in [1.165, 1.54) is 18.3 Å². The molecular formula is C11H11N3O4. The second kappa shape index (κ2) is 5.26. The summed E-state index contributed by atoms with van der Waals surface area (Å²) >= 11 is 0. The highest BCUT2D eigenvalue weighted by molar-refractivity contribution is 5.85. The van der Waals surface area contributed by atoms with Gasteiger partial charge in [0.25, 0.3) is 5.89 Å². The van der Waals surface area contributed by atoms with Crippen molar-refractivity contribution in [2.75, 3.05) is 0 Å². The minimum Gasteiger partial charge on any atom is -0.482 e. The Kier molecular flexibility index (Phi) is 3.52. The van der Waals surface area contributed by atoms with Gasteiger partial charge in [0, 0.05) is 6.42 Å². The van der Waals surface area contributed by atoms with Crippen molar-refractivity contribution >= 4 is 5.97 Å². The van der Waals surface area contributed by atoms with E-state index in [0.29, 0.717) is 24.0 Å². The number of hydrogen-bond donors (Lipinski definition) is 1. The van der Waals surface area contributed by atoms with Crippen molar-refractivity contribution in [1.29, 1.82) is 0 Å². The number of carbonyl (C=O) groups is 1. The van der Waals surface area contributed by atoms with Crippen LogP contribution in [0.2, 0.25) is 0 Å². The molecule has 0 spiro atoms. The first-order valence-electron chi connectivity index (χ1n) is 5.32. The summed E-state index contributed by atoms with van der Waals surface area (Å²) < 4.78 is 10.6. The molecule has 0 atom stereocenters. The molecule has 2 rings (SSSR count). The molecule has 0 saturated heterocycles. The number of carboxylic acids is 1. The standard InChI is InChI=1S/C11H11N3O4/c1-2-9-13-14-10(18-9)6-17-7-3-4-8(11(15)16)12-5-7/h3-5H,2,6H2,1H3,(H,15,16). The number of ether oxygens (including phenoxy) is 1. The second-order valence-corrected chi connectivity index (χ2v) is 3.42. The van der Waals surface area contributed by atoms with Crippen molar-refractivity contribution in [3.05, 3.63) is 35.8 Å². The van der Waals surface area contributed by atoms with Crippen molar-refractivity contribution in [2.45, 2.75) is 20.0 Å². The van der Waals surface area contributed by atoms with Crippen LogP contribution in [0, 0.1) is 0 Å². The van der Waals surface area contributed by atoms with Gasteiger partial charge in [0.1, 0.15) is 11.4 Å². The van der Waals surface area contributed by atoms with E-state index >= 15 is 0 Å². The summed E-state index contributed by atoms with van der Waals surface area (Å²) in [6, 6.07) is 2.89. The van der Waals surface area contributed by atoms with Crippen molar-refractivity contribution in [2.24, 2.45) is 0 Å². The van der Waals surface area contributed by atoms with Crippen LogP contribution in [0.15, 0.2) is 22.7 Å². The quantitative estimate of drug-likeness (QED) is 0.852. The first-order chi connectivity index (χ1) is 8.69. The summed E-state index contributed by atoms with van der Waals surface area (Å²) in [7, 11) is 0. The van der Waals surface area contributed by atoms with Crippen LogP contribution in [-0.4, -0.2) is 26.3 Å². The zero-order valence-electron chi connectivity index (χ0n) is 9.66. The maximum Gasteiger partial charge on any atom is 0.354 e. The zero-order chi connectivity index (χ0) is 13.0. The first kappa shape index (κ1) is 12.0. The highest BCUT2D eigenvalue weighted by atomic mass is 16.5. The van der Waals surface area contributed by atoms with E-state index in [1.54, 1.807) is 0 Å². The molecule has 94 valence electrons. The molecule has 2 heterocycles. The topological polar surface area (TPSA) is 98.3 Å². The molecule has 0 fully saturated rings. The molecule has 0 unspecified atom stereocenters. The molecule has 0 radical (unpaired) electrons. The van der Waals surface area contributed by atoms with Crippen molar-refractivity contribution in [3.63, 3.8) is 0 Å². The molecule has 7 heteroatoms. The molecule has 0 aliphatic rings. The van der Waals surface area contributed by atoms with Crippen LogP contribution in [0.5, 0.6) is 5.75 Å². The Bertz CT molecular complexity index is 535. The average molecular weight is 249 g/mol. The lowest BCUT2D eigenvalue weighted by Crippen LogP contribution is -2.01. The molecule has 2 aromatic heterocycles. The maximum absolute atomic E-state index is 10.6. The lowest BCUT2D eigenvalue weighted by molar-refractivity contribution is 0.0690. The van der Waals surface area contributed by atoms with Crippen LogP contribution in [0.3, 0.4) is 0 Å². The Hall–Kier alpha value is -2.44. The third kappa shape index (κ3) is 2.82. The maximum atomic E-state index is 10.6. The van der Waals surface area contributed by atoms with E-state index in [1.807, 2.05) is 6.92 Å². The minimum atomic E-state index is -1.08. The molecule has 0 aliphatic heterocycles. The highest BCUT2D eigenvalue weighted by Crippen LogP contribution is 2.11. The number of aryl methyl sites for hydroxylation is 1. The number of pyridine rings is 1. The van der Waals surface area contributed by atoms with Gasteiger partial charge in [-0.1, -0.05) is 6.92 Å². The Morgan fingerprint density at radius 1 is 1.39 bits per heavy atom. The lowest BCUT2D eigenvalue weighted by Gasteiger charge is -2.02. The minimum absolute atomic E-state index is 0.0339. The molecular weight excluding hydrogens is 238 g/mol. The van der Waals surface area contributed by atoms with Crippen LogP contribution in [0.25, 0.3) is 0 Å². The number of rotatable bonds is 5. The molecule has 0 aromatic carbocycles. The number of nitrogens with zero attached hydrogens (tertiary/aromatic N) is 3. The molecule has 0 bridgehead atoms. The van der Waals surface area contributed by atoms with Gasteiger partial charge < -0.3 is 14.3 Å². The summed E-state index contributed by atoms with van der Waals surface area (Å²) in [6.07, 6.45) is 2.00. The largest absolute Gasteiger partial charge is 0.482 e. The van der Waals surface area contributed by atoms with E-state index in [0.717, 1.165) is 0 Å². The van der Waals surface area contributed by atoms with Gasteiger partial charge in [-0.3, -0.25) is 0 Å². The van der Waals surface area contributed by atoms with E-state index in [2.05, 4.69) is 15.2 Å². The van der Waals surface area contributed by atoms with Crippen LogP contribution in [-0.2, 0) is 13.0 Å². The van der Waals surface area contributed by atoms with Gasteiger partial charge in [0.15, 0.2) is 6.61 Å². The smallest absolute Gasteiger partial charge is 0.354 e. The predicted octanol–water partition coefficient (Wildman–Crippen LogP) is 1.30. The van der Waals surface area contributed by atoms with Gasteiger partial charge in [0.2, 0.25) is 5.89 Å². The van der Waals surface area contributed by atoms with E-state index in [4.69, 9.17) is 14.3 Å². The predicted molar refractivity (Wildman–Crippen MR) is 59.2 cm³/mol. The van der Waals surface area contributed by atoms with Gasteiger partial charge >= 0.3 is 5.97 Å². The Morgan fingerprint density at radius 2 is 2.17 bits per heavy atom. The summed E-state index contributed by atoms with van der Waals surface area (Å²) in [5.41, 5.74) is -0.0339. The summed E-state index contributed by atoms with van der Waals surface area (Å²) in [5.74, 6) is 0.282. The number of carboxylic acid groups (broad SMARTS) is 1. The number of aromatic carboxylic acids is 1. The van der Waals surface area contributed by atoms with Gasteiger partial charge in [-0.05, 0) is 12.1 Å². The summed E-state index contributed by atoms with van der Waals surface area (Å²) in [4.78, 5) is 14.3. The van der Waals surface area contributed by atoms with Crippen LogP contribution < -0.4 is 4.74 Å². The molecule has 0 amide bonds. The second-order valence-electron chi connectivity index (χ2n) is 3.42. The summed E-state index contributed by atoms with van der Waals surface area (Å²) in [5, 5.41) is 16.3. The Labute approximate surface area is 102 Å². The van der Waals surface area contributed by atoms with E-state index in [9.17, 15) is 4.79 Å². The molecule has 0 saturated carbocycles. The van der Waals surface area contributed by atoms with Crippen LogP contribution in [0.1, 0.15) is 29.2 Å². The fourth-order valence-electron chi connectivity index (χ4n) is 1.23. The van der Waals surface area contributed by atoms with Gasteiger partial charge in [-0.25, -0.2) is 9.78 Å². The molecule has 0 aliphatic carbocycles. The third-order valence-electron chi connectivity index (χ3n) is 2.13. The average Bonchev–Trinajstić information content (AvgIpc) is 2.85. The van der Waals surface area contributed by atoms with Crippen LogP contribution in [0.4, 0.5) is 0 Å². The fourth-order valence-corrected chi connectivity index (χ4v) is 1.23. The molecule has 2 aromatic rings. The number of hydrogen-bond acceptors (Lipinski definition) is 6. The van der Waals surface area contributed by atoms with Crippen molar-refractivity contribution in [1.82, 2.24) is 15.2 Å². The van der Waals surface area contributed by atoms with Gasteiger partial charge in [-0.2, -0.15) is 0 Å². The zero-order valence-corrected chi connectivity index (χ0v) is 9.66. The normalized spacial score (nSPS) is 10.3. The Balaban J connectivity index is 1.95. The lowest BCUT2D eigenvalue weighted by atomic mass is 10.3. The van der Waals surface area contributed by atoms with Crippen LogP contribution >= 0.6 is 0 Å². The Morgan fingerprint density at radius 3 is 2.72 bits per heavy atom. The van der Waals surface area contributed by atoms with E-state index in [-0.39, 0.29) is 12.3 Å². The first-order valence-corrected chi connectivity index (χ1v) is 5.32. The van der Waals surface area contributed by atoms with Gasteiger partial charge in [0.05, 0.1) is 6.20 Å². The monoisotopic (exact) mass is 249 g/mol. The third-order valence-corrected chi connectivity index (χ3v) is 2.13. The molecule has 7 nitrogen and oxygen atoms in total. The SMILES string of the molecule is CCc1nnc(COc2ccc(C(=O)O)nc2)o1. The van der Waals surface area contributed by atoms with E-state index < -0.39 is 5.97 Å². The fraction of sp³-hybridized carbons (Fsp3) is 0.273. The van der Waals surface area contributed by atoms with Crippen molar-refractivity contribution in [3.8, 4) is 5.75 Å². The van der Waals surface area contributed by atoms with Gasteiger partial charge in [-0.15, -0.1) is 10.2 Å².